The molecule has 1 heterocycles. The van der Waals surface area contributed by atoms with Crippen LogP contribution in [-0.2, 0) is 0 Å². The summed E-state index contributed by atoms with van der Waals surface area (Å²) in [6, 6.07) is 0. The van der Waals surface area contributed by atoms with Gasteiger partial charge in [-0.15, -0.1) is 0 Å². The van der Waals surface area contributed by atoms with Crippen molar-refractivity contribution in [2.45, 2.75) is 12.8 Å². The molecule has 0 spiro atoms. The van der Waals surface area contributed by atoms with Gasteiger partial charge in [0.25, 0.3) is 0 Å². The van der Waals surface area contributed by atoms with Crippen LogP contribution in [0.3, 0.4) is 0 Å². The van der Waals surface area contributed by atoms with E-state index in [0.717, 1.165) is 25.9 Å². The van der Waals surface area contributed by atoms with Crippen LogP contribution < -0.4 is 5.73 Å². The lowest BCUT2D eigenvalue weighted by molar-refractivity contribution is 0.195. The van der Waals surface area contributed by atoms with Gasteiger partial charge in [-0.3, -0.25) is 0 Å². The average Bonchev–Trinajstić information content (AvgIpc) is 2.06. The molecule has 0 aromatic rings. The van der Waals surface area contributed by atoms with Gasteiger partial charge in [0, 0.05) is 12.5 Å². The van der Waals surface area contributed by atoms with Crippen LogP contribution in [0.1, 0.15) is 12.8 Å². The summed E-state index contributed by atoms with van der Waals surface area (Å²) in [4.78, 5) is 2.74. The van der Waals surface area contributed by atoms with E-state index in [1.807, 2.05) is 0 Å². The number of rotatable bonds is 3. The van der Waals surface area contributed by atoms with Crippen molar-refractivity contribution in [3.05, 3.63) is 0 Å². The Labute approximate surface area is 77.9 Å². The third-order valence-corrected chi connectivity index (χ3v) is 2.72. The van der Waals surface area contributed by atoms with E-state index in [0.29, 0.717) is 17.5 Å². The molecule has 0 aliphatic carbocycles. The van der Waals surface area contributed by atoms with Crippen molar-refractivity contribution in [3.8, 4) is 0 Å². The fourth-order valence-corrected chi connectivity index (χ4v) is 1.80. The molecule has 1 saturated heterocycles. The normalized spacial score (nSPS) is 21.1. The molecule has 12 heavy (non-hydrogen) atoms. The zero-order valence-corrected chi connectivity index (χ0v) is 7.95. The first-order chi connectivity index (χ1) is 5.74. The number of halogens is 1. The lowest BCUT2D eigenvalue weighted by Crippen LogP contribution is -2.38. The SMILES string of the molecule is NC(=S)C1CCN(CCF)CC1. The minimum absolute atomic E-state index is 0.252. The number of thiocarbonyl (C=S) groups is 1. The van der Waals surface area contributed by atoms with Crippen molar-refractivity contribution in [1.29, 1.82) is 0 Å². The van der Waals surface area contributed by atoms with Crippen LogP contribution in [0.4, 0.5) is 4.39 Å². The maximum Gasteiger partial charge on any atom is 0.102 e. The van der Waals surface area contributed by atoms with Gasteiger partial charge < -0.3 is 10.6 Å². The molecule has 4 heteroatoms. The molecule has 1 fully saturated rings. The van der Waals surface area contributed by atoms with Gasteiger partial charge in [-0.2, -0.15) is 0 Å². The van der Waals surface area contributed by atoms with Crippen molar-refractivity contribution >= 4 is 17.2 Å². The van der Waals surface area contributed by atoms with Gasteiger partial charge in [-0.25, -0.2) is 4.39 Å². The number of piperidine rings is 1. The van der Waals surface area contributed by atoms with E-state index in [4.69, 9.17) is 18.0 Å². The molecule has 1 aliphatic heterocycles. The van der Waals surface area contributed by atoms with E-state index in [1.54, 1.807) is 0 Å². The van der Waals surface area contributed by atoms with E-state index in [-0.39, 0.29) is 6.67 Å². The van der Waals surface area contributed by atoms with Gasteiger partial charge in [-0.1, -0.05) is 12.2 Å². The fourth-order valence-electron chi connectivity index (χ4n) is 1.56. The van der Waals surface area contributed by atoms with Crippen LogP contribution in [-0.4, -0.2) is 36.2 Å². The Balaban J connectivity index is 2.25. The highest BCUT2D eigenvalue weighted by atomic mass is 32.1. The number of hydrogen-bond acceptors (Lipinski definition) is 2. The molecular formula is C8H15FN2S. The highest BCUT2D eigenvalue weighted by Crippen LogP contribution is 2.16. The molecule has 1 aliphatic rings. The lowest BCUT2D eigenvalue weighted by atomic mass is 9.97. The van der Waals surface area contributed by atoms with E-state index >= 15 is 0 Å². The lowest BCUT2D eigenvalue weighted by Gasteiger charge is -2.30. The summed E-state index contributed by atoms with van der Waals surface area (Å²) < 4.78 is 11.9. The monoisotopic (exact) mass is 190 g/mol. The van der Waals surface area contributed by atoms with Gasteiger partial charge >= 0.3 is 0 Å². The Hall–Kier alpha value is -0.220. The summed E-state index contributed by atoms with van der Waals surface area (Å²) in [5.74, 6) is 0.385. The second-order valence-electron chi connectivity index (χ2n) is 3.21. The molecule has 0 atom stereocenters. The van der Waals surface area contributed by atoms with Crippen LogP contribution in [0.25, 0.3) is 0 Å². The summed E-state index contributed by atoms with van der Waals surface area (Å²) in [7, 11) is 0. The third kappa shape index (κ3) is 2.68. The summed E-state index contributed by atoms with van der Waals surface area (Å²) in [5.41, 5.74) is 5.53. The predicted molar refractivity (Wildman–Crippen MR) is 51.9 cm³/mol. The number of nitrogens with two attached hydrogens (primary N) is 1. The van der Waals surface area contributed by atoms with E-state index in [1.165, 1.54) is 0 Å². The number of alkyl halides is 1. The minimum atomic E-state index is -0.252. The van der Waals surface area contributed by atoms with Gasteiger partial charge in [0.2, 0.25) is 0 Å². The Morgan fingerprint density at radius 3 is 2.50 bits per heavy atom. The quantitative estimate of drug-likeness (QED) is 0.672. The van der Waals surface area contributed by atoms with E-state index in [2.05, 4.69) is 4.90 Å². The molecule has 0 saturated carbocycles. The first-order valence-electron chi connectivity index (χ1n) is 4.31. The van der Waals surface area contributed by atoms with Crippen LogP contribution >= 0.6 is 12.2 Å². The molecule has 0 bridgehead atoms. The molecule has 1 rings (SSSR count). The zero-order chi connectivity index (χ0) is 8.97. The highest BCUT2D eigenvalue weighted by molar-refractivity contribution is 7.80. The van der Waals surface area contributed by atoms with Crippen LogP contribution in [0.5, 0.6) is 0 Å². The molecule has 0 unspecified atom stereocenters. The zero-order valence-electron chi connectivity index (χ0n) is 7.13. The number of likely N-dealkylation sites (tertiary alicyclic amines) is 1. The van der Waals surface area contributed by atoms with Gasteiger partial charge in [0.1, 0.15) is 6.67 Å². The van der Waals surface area contributed by atoms with Gasteiger partial charge in [0.15, 0.2) is 0 Å². The molecular weight excluding hydrogens is 175 g/mol. The maximum absolute atomic E-state index is 11.9. The van der Waals surface area contributed by atoms with E-state index < -0.39 is 0 Å². The van der Waals surface area contributed by atoms with Crippen molar-refractivity contribution in [1.82, 2.24) is 4.90 Å². The molecule has 2 nitrogen and oxygen atoms in total. The Kier molecular flexibility index (Phi) is 3.88. The third-order valence-electron chi connectivity index (χ3n) is 2.39. The average molecular weight is 190 g/mol. The molecule has 0 aromatic carbocycles. The maximum atomic E-state index is 11.9. The van der Waals surface area contributed by atoms with Gasteiger partial charge in [-0.05, 0) is 25.9 Å². The second-order valence-corrected chi connectivity index (χ2v) is 3.68. The van der Waals surface area contributed by atoms with Crippen molar-refractivity contribution < 1.29 is 4.39 Å². The predicted octanol–water partition coefficient (Wildman–Crippen LogP) is 0.954. The standard InChI is InChI=1S/C8H15FN2S/c9-3-6-11-4-1-7(2-5-11)8(10)12/h7H,1-6H2,(H2,10,12). The summed E-state index contributed by atoms with van der Waals surface area (Å²) >= 11 is 4.90. The first kappa shape index (κ1) is 9.86. The second kappa shape index (κ2) is 4.72. The number of hydrogen-bond donors (Lipinski definition) is 1. The molecule has 2 N–H and O–H groups in total. The van der Waals surface area contributed by atoms with Crippen LogP contribution in [0, 0.1) is 5.92 Å². The Bertz CT molecular complexity index is 155. The molecule has 70 valence electrons. The molecule has 0 amide bonds. The fraction of sp³-hybridized carbons (Fsp3) is 0.875. The minimum Gasteiger partial charge on any atom is -0.393 e. The Morgan fingerprint density at radius 1 is 1.50 bits per heavy atom. The largest absolute Gasteiger partial charge is 0.393 e. The van der Waals surface area contributed by atoms with Crippen molar-refractivity contribution in [2.75, 3.05) is 26.3 Å². The number of nitrogens with zero attached hydrogens (tertiary/aromatic N) is 1. The first-order valence-corrected chi connectivity index (χ1v) is 4.72. The van der Waals surface area contributed by atoms with Gasteiger partial charge in [0.05, 0.1) is 4.99 Å². The summed E-state index contributed by atoms with van der Waals surface area (Å²) in [5, 5.41) is 0. The molecule has 0 radical (unpaired) electrons. The topological polar surface area (TPSA) is 29.3 Å². The molecule has 0 aromatic heterocycles. The summed E-state index contributed by atoms with van der Waals surface area (Å²) in [6.07, 6.45) is 1.99. The van der Waals surface area contributed by atoms with Crippen LogP contribution in [0.2, 0.25) is 0 Å². The Morgan fingerprint density at radius 2 is 2.08 bits per heavy atom. The summed E-state index contributed by atoms with van der Waals surface area (Å²) in [6.45, 7) is 2.18. The van der Waals surface area contributed by atoms with E-state index in [9.17, 15) is 4.39 Å². The van der Waals surface area contributed by atoms with Crippen molar-refractivity contribution in [3.63, 3.8) is 0 Å². The van der Waals surface area contributed by atoms with Crippen molar-refractivity contribution in [2.24, 2.45) is 11.7 Å². The highest BCUT2D eigenvalue weighted by Gasteiger charge is 2.20. The van der Waals surface area contributed by atoms with Crippen LogP contribution in [0.15, 0.2) is 0 Å². The smallest absolute Gasteiger partial charge is 0.102 e.